The van der Waals surface area contributed by atoms with Crippen molar-refractivity contribution in [3.05, 3.63) is 64.4 Å². The van der Waals surface area contributed by atoms with Crippen molar-refractivity contribution >= 4 is 29.1 Å². The summed E-state index contributed by atoms with van der Waals surface area (Å²) in [5.41, 5.74) is 1.65. The maximum atomic E-state index is 13.9. The van der Waals surface area contributed by atoms with E-state index in [2.05, 4.69) is 0 Å². The van der Waals surface area contributed by atoms with Crippen LogP contribution < -0.4 is 4.90 Å². The topological polar surface area (TPSA) is 40.6 Å². The lowest BCUT2D eigenvalue weighted by Crippen LogP contribution is -2.58. The average molecular weight is 361 g/mol. The van der Waals surface area contributed by atoms with Gasteiger partial charge in [-0.05, 0) is 43.7 Å². The summed E-state index contributed by atoms with van der Waals surface area (Å²) in [6.45, 7) is 4.23. The molecule has 2 aromatic rings. The molecule has 25 heavy (non-hydrogen) atoms. The first-order chi connectivity index (χ1) is 11.9. The van der Waals surface area contributed by atoms with Crippen molar-refractivity contribution in [3.8, 4) is 0 Å². The predicted molar refractivity (Wildman–Crippen MR) is 95.4 cm³/mol. The molecule has 0 bridgehead atoms. The van der Waals surface area contributed by atoms with Crippen LogP contribution in [0.1, 0.15) is 22.8 Å². The minimum absolute atomic E-state index is 0.0189. The van der Waals surface area contributed by atoms with Crippen LogP contribution in [0.4, 0.5) is 10.1 Å². The fourth-order valence-corrected chi connectivity index (χ4v) is 3.22. The van der Waals surface area contributed by atoms with Crippen molar-refractivity contribution < 1.29 is 14.0 Å². The zero-order valence-electron chi connectivity index (χ0n) is 14.0. The van der Waals surface area contributed by atoms with Crippen LogP contribution in [0.3, 0.4) is 0 Å². The number of piperazine rings is 1. The molecule has 2 aromatic carbocycles. The van der Waals surface area contributed by atoms with E-state index in [0.29, 0.717) is 18.1 Å². The molecule has 1 aliphatic heterocycles. The molecule has 1 fully saturated rings. The Morgan fingerprint density at radius 1 is 1.20 bits per heavy atom. The fraction of sp³-hybridized carbons (Fsp3) is 0.263. The molecule has 130 valence electrons. The number of carbonyl (C=O) groups excluding carboxylic acids is 2. The Kier molecular flexibility index (Phi) is 4.77. The van der Waals surface area contributed by atoms with Gasteiger partial charge >= 0.3 is 0 Å². The third kappa shape index (κ3) is 3.24. The number of anilines is 1. The van der Waals surface area contributed by atoms with E-state index in [1.807, 2.05) is 13.0 Å². The zero-order valence-corrected chi connectivity index (χ0v) is 14.8. The quantitative estimate of drug-likeness (QED) is 0.820. The summed E-state index contributed by atoms with van der Waals surface area (Å²) >= 11 is 6.05. The number of rotatable bonds is 2. The van der Waals surface area contributed by atoms with Gasteiger partial charge in [0.05, 0.1) is 5.56 Å². The monoisotopic (exact) mass is 360 g/mol. The maximum absolute atomic E-state index is 13.9. The first-order valence-corrected chi connectivity index (χ1v) is 8.41. The second kappa shape index (κ2) is 6.84. The maximum Gasteiger partial charge on any atom is 0.257 e. The molecule has 1 aliphatic rings. The molecule has 0 N–H and O–H groups in total. The number of benzene rings is 2. The van der Waals surface area contributed by atoms with Crippen LogP contribution in [-0.4, -0.2) is 35.8 Å². The first kappa shape index (κ1) is 17.4. The second-order valence-corrected chi connectivity index (χ2v) is 6.51. The molecule has 0 saturated carbocycles. The Morgan fingerprint density at radius 2 is 1.92 bits per heavy atom. The third-order valence-corrected chi connectivity index (χ3v) is 4.72. The Hall–Kier alpha value is -2.40. The van der Waals surface area contributed by atoms with Crippen molar-refractivity contribution in [2.45, 2.75) is 19.9 Å². The van der Waals surface area contributed by atoms with Gasteiger partial charge in [-0.15, -0.1) is 0 Å². The average Bonchev–Trinajstić information content (AvgIpc) is 2.59. The van der Waals surface area contributed by atoms with E-state index in [1.165, 1.54) is 23.1 Å². The molecule has 4 nitrogen and oxygen atoms in total. The largest absolute Gasteiger partial charge is 0.325 e. The Bertz CT molecular complexity index is 840. The molecule has 6 heteroatoms. The summed E-state index contributed by atoms with van der Waals surface area (Å²) < 4.78 is 13.9. The van der Waals surface area contributed by atoms with Crippen molar-refractivity contribution in [1.82, 2.24) is 4.90 Å². The summed E-state index contributed by atoms with van der Waals surface area (Å²) in [6.07, 6.45) is 0. The molecule has 1 heterocycles. The molecular weight excluding hydrogens is 343 g/mol. The molecule has 0 aromatic heterocycles. The van der Waals surface area contributed by atoms with Crippen LogP contribution in [0.5, 0.6) is 0 Å². The number of hydrogen-bond donors (Lipinski definition) is 0. The van der Waals surface area contributed by atoms with Crippen LogP contribution in [-0.2, 0) is 4.79 Å². The molecule has 2 amide bonds. The van der Waals surface area contributed by atoms with E-state index in [9.17, 15) is 14.0 Å². The standard InChI is InChI=1S/C19H18ClFN2O2/c1-12-7-8-14(20)11-17(12)23-10-9-22(13(2)18(23)24)19(25)15-5-3-4-6-16(15)21/h3-8,11,13H,9-10H2,1-2H3. The van der Waals surface area contributed by atoms with Crippen molar-refractivity contribution in [2.75, 3.05) is 18.0 Å². The molecular formula is C19H18ClFN2O2. The van der Waals surface area contributed by atoms with Gasteiger partial charge in [-0.2, -0.15) is 0 Å². The van der Waals surface area contributed by atoms with Gasteiger partial charge in [0.1, 0.15) is 11.9 Å². The molecule has 1 saturated heterocycles. The van der Waals surface area contributed by atoms with E-state index in [4.69, 9.17) is 11.6 Å². The smallest absolute Gasteiger partial charge is 0.257 e. The zero-order chi connectivity index (χ0) is 18.1. The normalized spacial score (nSPS) is 17.8. The van der Waals surface area contributed by atoms with E-state index in [-0.39, 0.29) is 11.5 Å². The van der Waals surface area contributed by atoms with E-state index in [1.54, 1.807) is 30.0 Å². The summed E-state index contributed by atoms with van der Waals surface area (Å²) in [6, 6.07) is 10.5. The van der Waals surface area contributed by atoms with Gasteiger partial charge in [0.15, 0.2) is 0 Å². The summed E-state index contributed by atoms with van der Waals surface area (Å²) in [5.74, 6) is -1.26. The van der Waals surface area contributed by atoms with Gasteiger partial charge in [0.2, 0.25) is 5.91 Å². The Labute approximate surface area is 150 Å². The van der Waals surface area contributed by atoms with Gasteiger partial charge in [-0.25, -0.2) is 4.39 Å². The van der Waals surface area contributed by atoms with Gasteiger partial charge < -0.3 is 9.80 Å². The van der Waals surface area contributed by atoms with Crippen LogP contribution in [0, 0.1) is 12.7 Å². The van der Waals surface area contributed by atoms with Gasteiger partial charge in [-0.3, -0.25) is 9.59 Å². The minimum atomic E-state index is -0.681. The number of hydrogen-bond acceptors (Lipinski definition) is 2. The van der Waals surface area contributed by atoms with Crippen LogP contribution in [0.15, 0.2) is 42.5 Å². The molecule has 1 atom stereocenters. The molecule has 0 aliphatic carbocycles. The van der Waals surface area contributed by atoms with Crippen LogP contribution in [0.25, 0.3) is 0 Å². The lowest BCUT2D eigenvalue weighted by atomic mass is 10.1. The fourth-order valence-electron chi connectivity index (χ4n) is 3.05. The Morgan fingerprint density at radius 3 is 2.64 bits per heavy atom. The highest BCUT2D eigenvalue weighted by Gasteiger charge is 2.36. The van der Waals surface area contributed by atoms with Gasteiger partial charge in [0, 0.05) is 23.8 Å². The van der Waals surface area contributed by atoms with Crippen LogP contribution >= 0.6 is 11.6 Å². The number of halogens is 2. The molecule has 3 rings (SSSR count). The molecule has 0 spiro atoms. The summed E-state index contributed by atoms with van der Waals surface area (Å²) in [5, 5.41) is 0.547. The number of carbonyl (C=O) groups is 2. The van der Waals surface area contributed by atoms with Crippen molar-refractivity contribution in [2.24, 2.45) is 0 Å². The molecule has 0 radical (unpaired) electrons. The predicted octanol–water partition coefficient (Wildman–Crippen LogP) is 3.67. The van der Waals surface area contributed by atoms with Gasteiger partial charge in [0.25, 0.3) is 5.91 Å². The number of amides is 2. The van der Waals surface area contributed by atoms with Crippen molar-refractivity contribution in [1.29, 1.82) is 0 Å². The lowest BCUT2D eigenvalue weighted by molar-refractivity contribution is -0.124. The minimum Gasteiger partial charge on any atom is -0.325 e. The number of aryl methyl sites for hydroxylation is 1. The molecule has 1 unspecified atom stereocenters. The van der Waals surface area contributed by atoms with E-state index < -0.39 is 17.8 Å². The third-order valence-electron chi connectivity index (χ3n) is 4.48. The lowest BCUT2D eigenvalue weighted by Gasteiger charge is -2.39. The number of nitrogens with zero attached hydrogens (tertiary/aromatic N) is 2. The van der Waals surface area contributed by atoms with Crippen LogP contribution in [0.2, 0.25) is 5.02 Å². The van der Waals surface area contributed by atoms with E-state index >= 15 is 0 Å². The highest BCUT2D eigenvalue weighted by molar-refractivity contribution is 6.31. The second-order valence-electron chi connectivity index (χ2n) is 6.08. The van der Waals surface area contributed by atoms with Gasteiger partial charge in [-0.1, -0.05) is 29.8 Å². The first-order valence-electron chi connectivity index (χ1n) is 8.03. The SMILES string of the molecule is Cc1ccc(Cl)cc1N1CCN(C(=O)c2ccccc2F)C(C)C1=O. The van der Waals surface area contributed by atoms with E-state index in [0.717, 1.165) is 11.3 Å². The summed E-state index contributed by atoms with van der Waals surface area (Å²) in [4.78, 5) is 28.5. The highest BCUT2D eigenvalue weighted by atomic mass is 35.5. The summed E-state index contributed by atoms with van der Waals surface area (Å²) in [7, 11) is 0. The Balaban J connectivity index is 1.86. The highest BCUT2D eigenvalue weighted by Crippen LogP contribution is 2.28. The van der Waals surface area contributed by atoms with Crippen molar-refractivity contribution in [3.63, 3.8) is 0 Å².